The summed E-state index contributed by atoms with van der Waals surface area (Å²) in [6.07, 6.45) is 0.165. The largest absolute Gasteiger partial charge is 0.482 e. The smallest absolute Gasteiger partial charge is 0.357 e. The number of carbonyl (C=O) groups excluding carboxylic acids is 2. The fourth-order valence-electron chi connectivity index (χ4n) is 2.27. The molecule has 0 N–H and O–H groups in total. The summed E-state index contributed by atoms with van der Waals surface area (Å²) in [6, 6.07) is 15.7. The van der Waals surface area contributed by atoms with Gasteiger partial charge in [0, 0.05) is 0 Å². The number of halogens is 1. The number of hydrogen-bond acceptors (Lipinski definition) is 6. The van der Waals surface area contributed by atoms with E-state index in [0.717, 1.165) is 5.56 Å². The molecule has 31 heavy (non-hydrogen) atoms. The summed E-state index contributed by atoms with van der Waals surface area (Å²) in [5.74, 6) is -0.178. The Bertz CT molecular complexity index is 861. The minimum absolute atomic E-state index is 0.115. The van der Waals surface area contributed by atoms with E-state index in [4.69, 9.17) is 19.2 Å². The summed E-state index contributed by atoms with van der Waals surface area (Å²) in [5.41, 5.74) is -0.174. The van der Waals surface area contributed by atoms with Crippen molar-refractivity contribution in [2.24, 2.45) is 0 Å². The molecule has 0 saturated carbocycles. The maximum absolute atomic E-state index is 11.8. The van der Waals surface area contributed by atoms with Crippen molar-refractivity contribution in [2.75, 3.05) is 6.61 Å². The molecule has 6 nitrogen and oxygen atoms in total. The number of esters is 1. The summed E-state index contributed by atoms with van der Waals surface area (Å²) >= 11 is -0.370. The molecule has 0 atom stereocenters. The van der Waals surface area contributed by atoms with E-state index in [-0.39, 0.29) is 34.2 Å². The van der Waals surface area contributed by atoms with Gasteiger partial charge in [0.05, 0.1) is 6.42 Å². The van der Waals surface area contributed by atoms with Crippen LogP contribution in [0.3, 0.4) is 0 Å². The Hall–Kier alpha value is -2.13. The maximum atomic E-state index is 11.8. The van der Waals surface area contributed by atoms with Gasteiger partial charge in [-0.3, -0.25) is 4.89 Å². The van der Waals surface area contributed by atoms with Crippen molar-refractivity contribution >= 4 is 11.9 Å². The van der Waals surface area contributed by atoms with Gasteiger partial charge in [0.2, 0.25) is 0 Å². The van der Waals surface area contributed by atoms with Gasteiger partial charge in [0.25, 0.3) is 0 Å². The quantitative estimate of drug-likeness (QED) is 0.218. The number of rotatable bonds is 8. The zero-order valence-electron chi connectivity index (χ0n) is 18.9. The molecule has 0 aliphatic carbocycles. The average molecular weight is 541 g/mol. The lowest BCUT2D eigenvalue weighted by molar-refractivity contribution is -0.597. The molecule has 0 aliphatic rings. The highest BCUT2D eigenvalue weighted by Crippen LogP contribution is 2.11. The zero-order chi connectivity index (χ0) is 23.1. The van der Waals surface area contributed by atoms with Crippen LogP contribution in [0.5, 0.6) is 5.75 Å². The highest BCUT2D eigenvalue weighted by atomic mass is 127. The Labute approximate surface area is 194 Å². The lowest BCUT2D eigenvalue weighted by atomic mass is 10.2. The SMILES string of the molecule is CC(C)(C)OOC(=O)Cc1ccc([I+]c2ccc(OCC(=O)OC(C)(C)C)cc2)cc1. The first-order chi connectivity index (χ1) is 14.4. The Balaban J connectivity index is 1.82. The second kappa shape index (κ2) is 10.9. The van der Waals surface area contributed by atoms with Gasteiger partial charge in [-0.1, -0.05) is 12.1 Å². The molecule has 0 aromatic heterocycles. The average Bonchev–Trinajstić information content (AvgIpc) is 2.65. The molecule has 2 aromatic rings. The molecule has 168 valence electrons. The third-order valence-electron chi connectivity index (χ3n) is 3.45. The predicted molar refractivity (Wildman–Crippen MR) is 112 cm³/mol. The molecular formula is C24H30IO6+. The first-order valence-corrected chi connectivity index (χ1v) is 12.1. The number of ether oxygens (including phenoxy) is 2. The van der Waals surface area contributed by atoms with Crippen molar-refractivity contribution < 1.29 is 50.0 Å². The molecule has 0 spiro atoms. The lowest BCUT2D eigenvalue weighted by Gasteiger charge is -2.19. The van der Waals surface area contributed by atoms with Crippen LogP contribution in [0.1, 0.15) is 47.1 Å². The van der Waals surface area contributed by atoms with Gasteiger partial charge in [-0.05, 0) is 83.5 Å². The molecule has 0 heterocycles. The van der Waals surface area contributed by atoms with E-state index in [1.807, 2.05) is 90.1 Å². The molecule has 0 fully saturated rings. The van der Waals surface area contributed by atoms with Crippen LogP contribution >= 0.6 is 0 Å². The molecule has 2 aromatic carbocycles. The minimum Gasteiger partial charge on any atom is -0.482 e. The van der Waals surface area contributed by atoms with Gasteiger partial charge in [-0.15, -0.1) is 0 Å². The molecule has 0 amide bonds. The third kappa shape index (κ3) is 10.6. The van der Waals surface area contributed by atoms with E-state index in [1.165, 1.54) is 7.14 Å². The first-order valence-electron chi connectivity index (χ1n) is 9.97. The maximum Gasteiger partial charge on any atom is 0.357 e. The van der Waals surface area contributed by atoms with Crippen LogP contribution in [0.25, 0.3) is 0 Å². The Kier molecular flexibility index (Phi) is 8.88. The van der Waals surface area contributed by atoms with Crippen LogP contribution in [0.2, 0.25) is 0 Å². The van der Waals surface area contributed by atoms with E-state index in [0.29, 0.717) is 5.75 Å². The van der Waals surface area contributed by atoms with Gasteiger partial charge >= 0.3 is 33.1 Å². The van der Waals surface area contributed by atoms with Crippen LogP contribution in [0.15, 0.2) is 48.5 Å². The Morgan fingerprint density at radius 1 is 0.774 bits per heavy atom. The van der Waals surface area contributed by atoms with E-state index >= 15 is 0 Å². The number of benzene rings is 2. The standard InChI is InChI=1S/C24H30IO6/c1-23(2,3)29-22(27)16-28-20-13-11-19(12-14-20)25-18-9-7-17(8-10-18)15-21(26)30-31-24(4,5)6/h7-14H,15-16H2,1-6H3/q+1. The zero-order valence-corrected chi connectivity index (χ0v) is 21.0. The highest BCUT2D eigenvalue weighted by molar-refractivity contribution is 5.72. The van der Waals surface area contributed by atoms with Crippen molar-refractivity contribution in [3.8, 4) is 5.75 Å². The fourth-order valence-corrected chi connectivity index (χ4v) is 4.42. The summed E-state index contributed by atoms with van der Waals surface area (Å²) < 4.78 is 13.2. The molecule has 0 aliphatic heterocycles. The lowest BCUT2D eigenvalue weighted by Crippen LogP contribution is -3.61. The second-order valence-electron chi connectivity index (χ2n) is 8.88. The normalized spacial score (nSPS) is 11.7. The summed E-state index contributed by atoms with van der Waals surface area (Å²) in [7, 11) is 0. The van der Waals surface area contributed by atoms with Crippen molar-refractivity contribution in [1.82, 2.24) is 0 Å². The minimum atomic E-state index is -0.528. The van der Waals surface area contributed by atoms with Crippen molar-refractivity contribution in [3.05, 3.63) is 61.2 Å². The highest BCUT2D eigenvalue weighted by Gasteiger charge is 2.19. The van der Waals surface area contributed by atoms with E-state index in [1.54, 1.807) is 0 Å². The topological polar surface area (TPSA) is 71.1 Å². The van der Waals surface area contributed by atoms with Crippen LogP contribution in [-0.4, -0.2) is 29.7 Å². The van der Waals surface area contributed by atoms with Crippen LogP contribution in [0.4, 0.5) is 0 Å². The fraction of sp³-hybridized carbons (Fsp3) is 0.417. The first kappa shape index (κ1) is 25.1. The predicted octanol–water partition coefficient (Wildman–Crippen LogP) is 1.35. The van der Waals surface area contributed by atoms with Gasteiger partial charge in [-0.2, -0.15) is 4.89 Å². The molecule has 2 rings (SSSR count). The Morgan fingerprint density at radius 2 is 1.32 bits per heavy atom. The number of carbonyl (C=O) groups is 2. The van der Waals surface area contributed by atoms with Gasteiger partial charge in [0.1, 0.15) is 17.0 Å². The molecule has 0 unspecified atom stereocenters. The summed E-state index contributed by atoms with van der Waals surface area (Å²) in [5, 5.41) is 0. The van der Waals surface area contributed by atoms with E-state index in [2.05, 4.69) is 0 Å². The molecular weight excluding hydrogens is 511 g/mol. The summed E-state index contributed by atoms with van der Waals surface area (Å²) in [4.78, 5) is 33.5. The molecule has 0 radical (unpaired) electrons. The van der Waals surface area contributed by atoms with Crippen LogP contribution in [0, 0.1) is 7.14 Å². The van der Waals surface area contributed by atoms with Crippen LogP contribution in [-0.2, 0) is 30.5 Å². The van der Waals surface area contributed by atoms with Crippen LogP contribution < -0.4 is 25.9 Å². The van der Waals surface area contributed by atoms with Gasteiger partial charge in [-0.25, -0.2) is 9.59 Å². The van der Waals surface area contributed by atoms with Crippen molar-refractivity contribution in [1.29, 1.82) is 0 Å². The Morgan fingerprint density at radius 3 is 1.84 bits per heavy atom. The second-order valence-corrected chi connectivity index (χ2v) is 11.9. The van der Waals surface area contributed by atoms with Crippen molar-refractivity contribution in [3.63, 3.8) is 0 Å². The summed E-state index contributed by atoms with van der Waals surface area (Å²) in [6.45, 7) is 10.8. The molecule has 0 bridgehead atoms. The third-order valence-corrected chi connectivity index (χ3v) is 6.14. The van der Waals surface area contributed by atoms with E-state index in [9.17, 15) is 9.59 Å². The van der Waals surface area contributed by atoms with Crippen molar-refractivity contribution in [2.45, 2.75) is 59.2 Å². The number of hydrogen-bond donors (Lipinski definition) is 0. The monoisotopic (exact) mass is 541 g/mol. The van der Waals surface area contributed by atoms with Gasteiger partial charge in [0.15, 0.2) is 13.7 Å². The molecule has 0 saturated heterocycles. The van der Waals surface area contributed by atoms with E-state index < -0.39 is 23.1 Å². The van der Waals surface area contributed by atoms with Gasteiger partial charge < -0.3 is 9.47 Å². The molecule has 7 heteroatoms.